The van der Waals surface area contributed by atoms with Gasteiger partial charge in [0.05, 0.1) is 5.56 Å². The molecular formula is C37H41F. The average Bonchev–Trinajstić information content (AvgIpc) is 2.95. The topological polar surface area (TPSA) is 0 Å². The van der Waals surface area contributed by atoms with Crippen LogP contribution < -0.4 is 0 Å². The van der Waals surface area contributed by atoms with Crippen LogP contribution in [0.25, 0.3) is 10.8 Å². The Morgan fingerprint density at radius 3 is 1.76 bits per heavy atom. The van der Waals surface area contributed by atoms with Crippen molar-refractivity contribution in [2.24, 2.45) is 0 Å². The third kappa shape index (κ3) is 8.06. The average molecular weight is 505 g/mol. The zero-order valence-electron chi connectivity index (χ0n) is 23.2. The molecule has 0 heterocycles. The number of rotatable bonds is 12. The van der Waals surface area contributed by atoms with E-state index in [2.05, 4.69) is 74.2 Å². The molecule has 4 rings (SSSR count). The molecule has 1 heteroatoms. The summed E-state index contributed by atoms with van der Waals surface area (Å²) in [5.74, 6) is 5.98. The van der Waals surface area contributed by atoms with Crippen molar-refractivity contribution in [2.75, 3.05) is 0 Å². The maximum absolute atomic E-state index is 15.3. The van der Waals surface area contributed by atoms with E-state index in [1.807, 2.05) is 30.3 Å². The highest BCUT2D eigenvalue weighted by Crippen LogP contribution is 2.23. The summed E-state index contributed by atoms with van der Waals surface area (Å²) in [6.45, 7) is 4.48. The van der Waals surface area contributed by atoms with Crippen LogP contribution in [0.15, 0.2) is 78.9 Å². The van der Waals surface area contributed by atoms with E-state index in [4.69, 9.17) is 0 Å². The Morgan fingerprint density at radius 2 is 1.08 bits per heavy atom. The fraction of sp³-hybridized carbons (Fsp3) is 0.351. The molecule has 38 heavy (non-hydrogen) atoms. The van der Waals surface area contributed by atoms with Crippen LogP contribution in [0, 0.1) is 17.7 Å². The van der Waals surface area contributed by atoms with Gasteiger partial charge in [-0.15, -0.1) is 0 Å². The lowest BCUT2D eigenvalue weighted by Gasteiger charge is -2.07. The van der Waals surface area contributed by atoms with Gasteiger partial charge in [-0.2, -0.15) is 0 Å². The molecular weight excluding hydrogens is 463 g/mol. The van der Waals surface area contributed by atoms with Crippen LogP contribution in [0.2, 0.25) is 0 Å². The first kappa shape index (κ1) is 27.7. The predicted molar refractivity (Wildman–Crippen MR) is 161 cm³/mol. The van der Waals surface area contributed by atoms with E-state index < -0.39 is 0 Å². The molecule has 0 aliphatic heterocycles. The van der Waals surface area contributed by atoms with E-state index in [-0.39, 0.29) is 5.82 Å². The van der Waals surface area contributed by atoms with Gasteiger partial charge in [0.25, 0.3) is 0 Å². The molecule has 0 nitrogen and oxygen atoms in total. The van der Waals surface area contributed by atoms with Gasteiger partial charge in [-0.1, -0.05) is 118 Å². The van der Waals surface area contributed by atoms with E-state index in [9.17, 15) is 0 Å². The van der Waals surface area contributed by atoms with Gasteiger partial charge in [0.15, 0.2) is 0 Å². The Kier molecular flexibility index (Phi) is 10.6. The van der Waals surface area contributed by atoms with Crippen molar-refractivity contribution in [1.29, 1.82) is 0 Å². The summed E-state index contributed by atoms with van der Waals surface area (Å²) in [4.78, 5) is 0. The van der Waals surface area contributed by atoms with Gasteiger partial charge < -0.3 is 0 Å². The summed E-state index contributed by atoms with van der Waals surface area (Å²) in [6, 6.07) is 27.3. The molecule has 0 aliphatic rings. The number of benzene rings is 4. The van der Waals surface area contributed by atoms with Crippen LogP contribution in [-0.4, -0.2) is 0 Å². The van der Waals surface area contributed by atoms with Crippen LogP contribution in [0.4, 0.5) is 4.39 Å². The van der Waals surface area contributed by atoms with Gasteiger partial charge in [0.2, 0.25) is 0 Å². The van der Waals surface area contributed by atoms with E-state index in [1.165, 1.54) is 73.6 Å². The maximum atomic E-state index is 15.3. The fourth-order valence-electron chi connectivity index (χ4n) is 4.98. The normalized spacial score (nSPS) is 10.9. The SMILES string of the molecule is CCCCCCc1ccc(C#Cc2ccc3cc(CCc4ccc(CCCCC)cc4)ccc3c2F)cc1. The van der Waals surface area contributed by atoms with Gasteiger partial charge in [0.1, 0.15) is 5.82 Å². The number of unbranched alkanes of at least 4 members (excludes halogenated alkanes) is 5. The van der Waals surface area contributed by atoms with Crippen molar-refractivity contribution < 1.29 is 4.39 Å². The molecule has 0 N–H and O–H groups in total. The number of hydrogen-bond donors (Lipinski definition) is 0. The first-order valence-corrected chi connectivity index (χ1v) is 14.6. The number of aryl methyl sites for hydroxylation is 4. The summed E-state index contributed by atoms with van der Waals surface area (Å²) >= 11 is 0. The van der Waals surface area contributed by atoms with Gasteiger partial charge in [-0.3, -0.25) is 0 Å². The monoisotopic (exact) mass is 504 g/mol. The molecule has 4 aromatic rings. The highest BCUT2D eigenvalue weighted by molar-refractivity contribution is 5.85. The summed E-state index contributed by atoms with van der Waals surface area (Å²) in [5, 5.41) is 1.57. The van der Waals surface area contributed by atoms with E-state index in [0.29, 0.717) is 10.9 Å². The Morgan fingerprint density at radius 1 is 0.526 bits per heavy atom. The minimum absolute atomic E-state index is 0.229. The molecule has 0 spiro atoms. The summed E-state index contributed by atoms with van der Waals surface area (Å²) in [6.07, 6.45) is 13.1. The van der Waals surface area contributed by atoms with Crippen molar-refractivity contribution in [2.45, 2.75) is 84.5 Å². The molecule has 0 fully saturated rings. The highest BCUT2D eigenvalue weighted by atomic mass is 19.1. The summed E-state index contributed by atoms with van der Waals surface area (Å²) < 4.78 is 15.3. The van der Waals surface area contributed by atoms with Gasteiger partial charge >= 0.3 is 0 Å². The van der Waals surface area contributed by atoms with Gasteiger partial charge in [0, 0.05) is 10.9 Å². The first-order chi connectivity index (χ1) is 18.7. The molecule has 0 aliphatic carbocycles. The predicted octanol–water partition coefficient (Wildman–Crippen LogP) is 10.0. The Labute approximate surface area is 229 Å². The number of fused-ring (bicyclic) bond motifs is 1. The molecule has 0 atom stereocenters. The molecule has 0 saturated heterocycles. The largest absolute Gasteiger partial charge is 0.205 e. The smallest absolute Gasteiger partial charge is 0.146 e. The van der Waals surface area contributed by atoms with Crippen LogP contribution in [0.5, 0.6) is 0 Å². The molecule has 0 saturated carbocycles. The van der Waals surface area contributed by atoms with Crippen molar-refractivity contribution in [3.63, 3.8) is 0 Å². The highest BCUT2D eigenvalue weighted by Gasteiger charge is 2.07. The van der Waals surface area contributed by atoms with E-state index in [0.717, 1.165) is 30.2 Å². The van der Waals surface area contributed by atoms with Crippen molar-refractivity contribution in [3.05, 3.63) is 118 Å². The number of hydrogen-bond acceptors (Lipinski definition) is 0. The maximum Gasteiger partial charge on any atom is 0.146 e. The van der Waals surface area contributed by atoms with Gasteiger partial charge in [-0.25, -0.2) is 4.39 Å². The Hall–Kier alpha value is -3.37. The standard InChI is InChI=1S/C37H41F/c1-3-5-7-9-11-30-14-18-32(19-15-30)22-24-34-25-26-35-28-33(23-27-36(35)37(34)38)21-20-31-16-12-29(13-17-31)10-8-6-4-2/h12-19,23,25-28H,3-11,20-21H2,1-2H3. The quantitative estimate of drug-likeness (QED) is 0.133. The van der Waals surface area contributed by atoms with Gasteiger partial charge in [-0.05, 0) is 84.4 Å². The Balaban J connectivity index is 1.36. The van der Waals surface area contributed by atoms with Crippen LogP contribution in [-0.2, 0) is 25.7 Å². The molecule has 0 bridgehead atoms. The van der Waals surface area contributed by atoms with E-state index in [1.54, 1.807) is 0 Å². The number of halogens is 1. The lowest BCUT2D eigenvalue weighted by Crippen LogP contribution is -1.94. The molecule has 0 aromatic heterocycles. The zero-order chi connectivity index (χ0) is 26.6. The van der Waals surface area contributed by atoms with Crippen LogP contribution in [0.1, 0.15) is 92.2 Å². The van der Waals surface area contributed by atoms with Crippen LogP contribution >= 0.6 is 0 Å². The summed E-state index contributed by atoms with van der Waals surface area (Å²) in [5.41, 5.74) is 6.73. The molecule has 196 valence electrons. The third-order valence-electron chi connectivity index (χ3n) is 7.43. The third-order valence-corrected chi connectivity index (χ3v) is 7.43. The zero-order valence-corrected chi connectivity index (χ0v) is 23.2. The second kappa shape index (κ2) is 14.5. The molecule has 0 unspecified atom stereocenters. The molecule has 0 radical (unpaired) electrons. The fourth-order valence-corrected chi connectivity index (χ4v) is 4.98. The minimum Gasteiger partial charge on any atom is -0.205 e. The second-order valence-electron chi connectivity index (χ2n) is 10.5. The van der Waals surface area contributed by atoms with Crippen molar-refractivity contribution in [3.8, 4) is 11.8 Å². The molecule has 4 aromatic carbocycles. The summed E-state index contributed by atoms with van der Waals surface area (Å²) in [7, 11) is 0. The Bertz CT molecular complexity index is 1350. The minimum atomic E-state index is -0.229. The first-order valence-electron chi connectivity index (χ1n) is 14.6. The van der Waals surface area contributed by atoms with Crippen molar-refractivity contribution in [1.82, 2.24) is 0 Å². The van der Waals surface area contributed by atoms with E-state index >= 15 is 4.39 Å². The van der Waals surface area contributed by atoms with Crippen molar-refractivity contribution >= 4 is 10.8 Å². The molecule has 0 amide bonds. The lowest BCUT2D eigenvalue weighted by atomic mass is 9.98. The second-order valence-corrected chi connectivity index (χ2v) is 10.5. The van der Waals surface area contributed by atoms with Crippen LogP contribution in [0.3, 0.4) is 0 Å². The lowest BCUT2D eigenvalue weighted by molar-refractivity contribution is 0.636.